The minimum atomic E-state index is -3.40. The van der Waals surface area contributed by atoms with E-state index in [0.29, 0.717) is 30.8 Å². The van der Waals surface area contributed by atoms with Gasteiger partial charge in [0.25, 0.3) is 5.91 Å². The topological polar surface area (TPSA) is 105 Å². The number of anilines is 1. The van der Waals surface area contributed by atoms with Crippen molar-refractivity contribution >= 4 is 21.6 Å². The lowest BCUT2D eigenvalue weighted by molar-refractivity contribution is 0.0951. The molecule has 0 aliphatic carbocycles. The lowest BCUT2D eigenvalue weighted by Gasteiger charge is -2.13. The molecule has 0 fully saturated rings. The van der Waals surface area contributed by atoms with Gasteiger partial charge in [-0.3, -0.25) is 9.52 Å². The number of hydrogen-bond donors (Lipinski definition) is 3. The molecule has 0 aliphatic rings. The van der Waals surface area contributed by atoms with E-state index in [1.54, 1.807) is 44.2 Å². The lowest BCUT2D eigenvalue weighted by atomic mass is 10.0. The van der Waals surface area contributed by atoms with Gasteiger partial charge in [0, 0.05) is 24.2 Å². The molecule has 4 rings (SSSR count). The Morgan fingerprint density at radius 1 is 0.875 bits per heavy atom. The number of rotatable bonds is 11. The van der Waals surface area contributed by atoms with E-state index in [-0.39, 0.29) is 11.7 Å². The number of carbonyl (C=O) groups excluding carboxylic acids is 1. The average molecular weight is 559 g/mol. The summed E-state index contributed by atoms with van der Waals surface area (Å²) in [6, 6.07) is 27.4. The lowest BCUT2D eigenvalue weighted by Crippen LogP contribution is -2.22. The molecule has 1 amide bonds. The van der Waals surface area contributed by atoms with E-state index >= 15 is 0 Å². The summed E-state index contributed by atoms with van der Waals surface area (Å²) in [6.07, 6.45) is 0.625. The second kappa shape index (κ2) is 12.7. The quantitative estimate of drug-likeness (QED) is 0.207. The van der Waals surface area contributed by atoms with Gasteiger partial charge in [-0.15, -0.1) is 0 Å². The zero-order valence-electron chi connectivity index (χ0n) is 22.8. The number of aromatic hydroxyl groups is 1. The molecule has 4 aromatic carbocycles. The number of amides is 1. The Kier molecular flexibility index (Phi) is 9.11. The number of ether oxygens (including phenoxy) is 1. The summed E-state index contributed by atoms with van der Waals surface area (Å²) in [7, 11) is -3.40. The van der Waals surface area contributed by atoms with Crippen molar-refractivity contribution in [2.45, 2.75) is 39.0 Å². The first kappa shape index (κ1) is 28.7. The van der Waals surface area contributed by atoms with E-state index in [9.17, 15) is 18.3 Å². The van der Waals surface area contributed by atoms with Gasteiger partial charge in [-0.05, 0) is 91.1 Å². The predicted molar refractivity (Wildman–Crippen MR) is 159 cm³/mol. The van der Waals surface area contributed by atoms with Crippen LogP contribution in [0.15, 0.2) is 91.0 Å². The molecule has 40 heavy (non-hydrogen) atoms. The maximum absolute atomic E-state index is 12.7. The first-order chi connectivity index (χ1) is 19.1. The summed E-state index contributed by atoms with van der Waals surface area (Å²) in [4.78, 5) is 12.7. The van der Waals surface area contributed by atoms with Gasteiger partial charge in [0.1, 0.15) is 11.5 Å². The molecule has 208 valence electrons. The summed E-state index contributed by atoms with van der Waals surface area (Å²) in [6.45, 7) is 6.07. The van der Waals surface area contributed by atoms with Crippen LogP contribution in [0.25, 0.3) is 11.1 Å². The molecule has 0 saturated heterocycles. The molecule has 0 unspecified atom stereocenters. The number of phenolic OH excluding ortho intramolecular Hbond substituents is 1. The number of nitrogens with one attached hydrogen (secondary N) is 2. The normalized spacial score (nSPS) is 11.3. The first-order valence-corrected chi connectivity index (χ1v) is 14.7. The predicted octanol–water partition coefficient (Wildman–Crippen LogP) is 6.07. The molecule has 0 aromatic heterocycles. The van der Waals surface area contributed by atoms with Crippen molar-refractivity contribution in [2.24, 2.45) is 0 Å². The molecule has 8 heteroatoms. The van der Waals surface area contributed by atoms with E-state index in [0.717, 1.165) is 33.6 Å². The van der Waals surface area contributed by atoms with Gasteiger partial charge in [-0.1, -0.05) is 48.5 Å². The van der Waals surface area contributed by atoms with Crippen LogP contribution in [-0.4, -0.2) is 31.3 Å². The second-order valence-corrected chi connectivity index (χ2v) is 12.1. The molecule has 7 nitrogen and oxygen atoms in total. The molecular formula is C32H34N2O5S. The molecule has 0 aliphatic heterocycles. The van der Waals surface area contributed by atoms with Crippen molar-refractivity contribution in [3.63, 3.8) is 0 Å². The summed E-state index contributed by atoms with van der Waals surface area (Å²) in [5.41, 5.74) is 5.93. The van der Waals surface area contributed by atoms with Crippen LogP contribution in [0.2, 0.25) is 0 Å². The van der Waals surface area contributed by atoms with Crippen LogP contribution in [0, 0.1) is 6.92 Å². The molecule has 0 radical (unpaired) electrons. The van der Waals surface area contributed by atoms with Gasteiger partial charge in [-0.2, -0.15) is 0 Å². The maximum Gasteiger partial charge on any atom is 0.251 e. The van der Waals surface area contributed by atoms with Gasteiger partial charge >= 0.3 is 0 Å². The Balaban J connectivity index is 1.27. The van der Waals surface area contributed by atoms with Crippen LogP contribution in [0.1, 0.15) is 40.9 Å². The highest BCUT2D eigenvalue weighted by Gasteiger charge is 2.15. The van der Waals surface area contributed by atoms with Crippen molar-refractivity contribution in [3.05, 3.63) is 113 Å². The fourth-order valence-electron chi connectivity index (χ4n) is 4.09. The van der Waals surface area contributed by atoms with E-state index in [1.165, 1.54) is 0 Å². The second-order valence-electron chi connectivity index (χ2n) is 9.90. The largest absolute Gasteiger partial charge is 0.508 e. The first-order valence-electron chi connectivity index (χ1n) is 13.1. The SMILES string of the molecule is Cc1cc(CNC(=O)c2ccc(-c3ccc(O)cc3)cc2)ccc1OCCc1cccc(NS(=O)(=O)C(C)C)c1. The molecule has 0 spiro atoms. The Hall–Kier alpha value is -4.30. The third kappa shape index (κ3) is 7.64. The van der Waals surface area contributed by atoms with Gasteiger partial charge in [0.2, 0.25) is 10.0 Å². The summed E-state index contributed by atoms with van der Waals surface area (Å²) < 4.78 is 32.9. The van der Waals surface area contributed by atoms with Crippen molar-refractivity contribution < 1.29 is 23.1 Å². The Morgan fingerprint density at radius 3 is 2.20 bits per heavy atom. The molecule has 3 N–H and O–H groups in total. The highest BCUT2D eigenvalue weighted by atomic mass is 32.2. The summed E-state index contributed by atoms with van der Waals surface area (Å²) in [5, 5.41) is 11.9. The number of aryl methyl sites for hydroxylation is 1. The Bertz CT molecular complexity index is 1560. The van der Waals surface area contributed by atoms with Gasteiger partial charge in [0.15, 0.2) is 0 Å². The number of benzene rings is 4. The third-order valence-corrected chi connectivity index (χ3v) is 8.26. The maximum atomic E-state index is 12.7. The Morgan fingerprint density at radius 2 is 1.55 bits per heavy atom. The third-order valence-electron chi connectivity index (χ3n) is 6.50. The summed E-state index contributed by atoms with van der Waals surface area (Å²) >= 11 is 0. The van der Waals surface area contributed by atoms with Crippen molar-refractivity contribution in [1.29, 1.82) is 0 Å². The van der Waals surface area contributed by atoms with Crippen molar-refractivity contribution in [2.75, 3.05) is 11.3 Å². The molecule has 0 atom stereocenters. The van der Waals surface area contributed by atoms with Crippen LogP contribution in [-0.2, 0) is 23.0 Å². The number of sulfonamides is 1. The van der Waals surface area contributed by atoms with E-state index in [4.69, 9.17) is 4.74 Å². The zero-order chi connectivity index (χ0) is 28.7. The van der Waals surface area contributed by atoms with Crippen LogP contribution in [0.5, 0.6) is 11.5 Å². The van der Waals surface area contributed by atoms with Crippen LogP contribution in [0.4, 0.5) is 5.69 Å². The molecular weight excluding hydrogens is 524 g/mol. The van der Waals surface area contributed by atoms with Crippen LogP contribution < -0.4 is 14.8 Å². The number of phenols is 1. The summed E-state index contributed by atoms with van der Waals surface area (Å²) in [5.74, 6) is 0.816. The standard InChI is InChI=1S/C32H34N2O5S/c1-22(2)40(37,38)34-29-6-4-5-24(20-29)17-18-39-31-16-7-25(19-23(31)3)21-33-32(36)28-10-8-26(9-11-28)27-12-14-30(35)15-13-27/h4-16,19-20,22,34-35H,17-18,21H2,1-3H3,(H,33,36). The molecule has 0 saturated carbocycles. The molecule has 0 bridgehead atoms. The van der Waals surface area contributed by atoms with E-state index in [1.807, 2.05) is 67.6 Å². The smallest absolute Gasteiger partial charge is 0.251 e. The fraction of sp³-hybridized carbons (Fsp3) is 0.219. The molecule has 4 aromatic rings. The fourth-order valence-corrected chi connectivity index (χ4v) is 4.78. The zero-order valence-corrected chi connectivity index (χ0v) is 23.7. The minimum Gasteiger partial charge on any atom is -0.508 e. The Labute approximate surface area is 235 Å². The van der Waals surface area contributed by atoms with Crippen molar-refractivity contribution in [3.8, 4) is 22.6 Å². The van der Waals surface area contributed by atoms with Gasteiger partial charge < -0.3 is 15.2 Å². The number of hydrogen-bond acceptors (Lipinski definition) is 5. The number of carbonyl (C=O) groups is 1. The van der Waals surface area contributed by atoms with Crippen molar-refractivity contribution in [1.82, 2.24) is 5.32 Å². The van der Waals surface area contributed by atoms with Crippen LogP contribution in [0.3, 0.4) is 0 Å². The van der Waals surface area contributed by atoms with Crippen LogP contribution >= 0.6 is 0 Å². The van der Waals surface area contributed by atoms with Gasteiger partial charge in [0.05, 0.1) is 11.9 Å². The van der Waals surface area contributed by atoms with Gasteiger partial charge in [-0.25, -0.2) is 8.42 Å². The minimum absolute atomic E-state index is 0.159. The molecule has 0 heterocycles. The monoisotopic (exact) mass is 558 g/mol. The highest BCUT2D eigenvalue weighted by molar-refractivity contribution is 7.93. The average Bonchev–Trinajstić information content (AvgIpc) is 2.93. The van der Waals surface area contributed by atoms with E-state index < -0.39 is 15.3 Å². The van der Waals surface area contributed by atoms with E-state index in [2.05, 4.69) is 10.0 Å². The highest BCUT2D eigenvalue weighted by Crippen LogP contribution is 2.23.